The summed E-state index contributed by atoms with van der Waals surface area (Å²) < 4.78 is 10.7. The van der Waals surface area contributed by atoms with Crippen LogP contribution in [0.25, 0.3) is 0 Å². The maximum Gasteiger partial charge on any atom is 0.237 e. The predicted octanol–water partition coefficient (Wildman–Crippen LogP) is 1.82. The fourth-order valence-electron chi connectivity index (χ4n) is 3.38. The molecule has 1 aliphatic heterocycles. The summed E-state index contributed by atoms with van der Waals surface area (Å²) in [4.78, 5) is 29.0. The van der Waals surface area contributed by atoms with Gasteiger partial charge in [0.15, 0.2) is 11.5 Å². The highest BCUT2D eigenvalue weighted by atomic mass is 16.5. The van der Waals surface area contributed by atoms with Crippen molar-refractivity contribution in [2.24, 2.45) is 0 Å². The minimum atomic E-state index is -0.492. The van der Waals surface area contributed by atoms with E-state index in [0.29, 0.717) is 44.2 Å². The van der Waals surface area contributed by atoms with Gasteiger partial charge in [0.25, 0.3) is 0 Å². The number of benzene rings is 1. The average molecular weight is 389 g/mol. The Morgan fingerprint density at radius 2 is 2.04 bits per heavy atom. The molecule has 1 atom stereocenters. The van der Waals surface area contributed by atoms with Gasteiger partial charge in [0.2, 0.25) is 11.8 Å². The maximum atomic E-state index is 12.7. The Hall–Kier alpha value is -2.54. The van der Waals surface area contributed by atoms with Crippen LogP contribution in [0.15, 0.2) is 30.4 Å². The first-order valence-corrected chi connectivity index (χ1v) is 9.54. The van der Waals surface area contributed by atoms with Crippen LogP contribution in [-0.2, 0) is 16.1 Å². The number of methoxy groups -OCH3 is 2. The standard InChI is InChI=1S/C21H31N3O4/c1-6-23(13-15(2)3)20(25)12-17-21(26)22-9-10-24(17)14-16-7-8-18(27-4)19(11-16)28-5/h7-8,11,17H,2,6,9-10,12-14H2,1,3-5H3,(H,22,26). The van der Waals surface area contributed by atoms with Crippen LogP contribution in [0.4, 0.5) is 0 Å². The number of piperazine rings is 1. The Kier molecular flexibility index (Phi) is 7.87. The molecule has 0 aromatic heterocycles. The van der Waals surface area contributed by atoms with Crippen LogP contribution >= 0.6 is 0 Å². The third kappa shape index (κ3) is 5.48. The summed E-state index contributed by atoms with van der Waals surface area (Å²) in [6.45, 7) is 10.6. The monoisotopic (exact) mass is 389 g/mol. The van der Waals surface area contributed by atoms with Crippen molar-refractivity contribution >= 4 is 11.8 Å². The summed E-state index contributed by atoms with van der Waals surface area (Å²) in [7, 11) is 3.19. The quantitative estimate of drug-likeness (QED) is 0.653. The Morgan fingerprint density at radius 3 is 2.64 bits per heavy atom. The van der Waals surface area contributed by atoms with Crippen LogP contribution in [0, 0.1) is 0 Å². The van der Waals surface area contributed by atoms with Gasteiger partial charge in [0.1, 0.15) is 0 Å². The topological polar surface area (TPSA) is 71.1 Å². The van der Waals surface area contributed by atoms with Crippen LogP contribution in [-0.4, -0.2) is 68.1 Å². The lowest BCUT2D eigenvalue weighted by atomic mass is 10.1. The highest BCUT2D eigenvalue weighted by molar-refractivity contribution is 5.89. The molecule has 1 aliphatic rings. The minimum Gasteiger partial charge on any atom is -0.493 e. The molecule has 7 heteroatoms. The van der Waals surface area contributed by atoms with Gasteiger partial charge >= 0.3 is 0 Å². The number of nitrogens with zero attached hydrogens (tertiary/aromatic N) is 2. The van der Waals surface area contributed by atoms with Crippen molar-refractivity contribution in [3.05, 3.63) is 35.9 Å². The van der Waals surface area contributed by atoms with Crippen molar-refractivity contribution in [2.75, 3.05) is 40.4 Å². The molecule has 2 rings (SSSR count). The summed E-state index contributed by atoms with van der Waals surface area (Å²) in [6.07, 6.45) is 0.153. The SMILES string of the molecule is C=C(C)CN(CC)C(=O)CC1C(=O)NCCN1Cc1ccc(OC)c(OC)c1. The van der Waals surface area contributed by atoms with Crippen LogP contribution in [0.1, 0.15) is 25.8 Å². The number of carbonyl (C=O) groups excluding carboxylic acids is 2. The van der Waals surface area contributed by atoms with E-state index >= 15 is 0 Å². The summed E-state index contributed by atoms with van der Waals surface area (Å²) in [5, 5.41) is 2.88. The van der Waals surface area contributed by atoms with Crippen LogP contribution < -0.4 is 14.8 Å². The summed E-state index contributed by atoms with van der Waals surface area (Å²) in [6, 6.07) is 5.22. The molecule has 1 N–H and O–H groups in total. The molecule has 0 aliphatic carbocycles. The molecule has 1 unspecified atom stereocenters. The second-order valence-corrected chi connectivity index (χ2v) is 7.04. The summed E-state index contributed by atoms with van der Waals surface area (Å²) >= 11 is 0. The predicted molar refractivity (Wildman–Crippen MR) is 108 cm³/mol. The number of amides is 2. The molecule has 1 saturated heterocycles. The number of rotatable bonds is 9. The van der Waals surface area contributed by atoms with Crippen LogP contribution in [0.5, 0.6) is 11.5 Å². The minimum absolute atomic E-state index is 0.0372. The van der Waals surface area contributed by atoms with Crippen molar-refractivity contribution in [1.82, 2.24) is 15.1 Å². The molecule has 0 bridgehead atoms. The molecule has 1 heterocycles. The number of hydrogen-bond acceptors (Lipinski definition) is 5. The first-order chi connectivity index (χ1) is 13.4. The number of likely N-dealkylation sites (N-methyl/N-ethyl adjacent to an activating group) is 1. The van der Waals surface area contributed by atoms with E-state index in [4.69, 9.17) is 9.47 Å². The summed E-state index contributed by atoms with van der Waals surface area (Å²) in [5.74, 6) is 1.16. The van der Waals surface area contributed by atoms with Crippen molar-refractivity contribution in [2.45, 2.75) is 32.9 Å². The second-order valence-electron chi connectivity index (χ2n) is 7.04. The van der Waals surface area contributed by atoms with E-state index in [-0.39, 0.29) is 18.2 Å². The van der Waals surface area contributed by atoms with Crippen molar-refractivity contribution in [1.29, 1.82) is 0 Å². The molecule has 7 nitrogen and oxygen atoms in total. The van der Waals surface area contributed by atoms with Crippen LogP contribution in [0.3, 0.4) is 0 Å². The average Bonchev–Trinajstić information content (AvgIpc) is 2.68. The van der Waals surface area contributed by atoms with Gasteiger partial charge < -0.3 is 19.7 Å². The van der Waals surface area contributed by atoms with E-state index in [1.807, 2.05) is 36.9 Å². The van der Waals surface area contributed by atoms with Gasteiger partial charge in [-0.2, -0.15) is 0 Å². The number of carbonyl (C=O) groups is 2. The fraction of sp³-hybridized carbons (Fsp3) is 0.524. The zero-order valence-corrected chi connectivity index (χ0v) is 17.3. The van der Waals surface area contributed by atoms with Gasteiger partial charge in [-0.15, -0.1) is 0 Å². The molecule has 1 aromatic rings. The lowest BCUT2D eigenvalue weighted by Gasteiger charge is -2.35. The molecule has 1 fully saturated rings. The lowest BCUT2D eigenvalue weighted by Crippen LogP contribution is -2.56. The van der Waals surface area contributed by atoms with E-state index in [1.165, 1.54) is 0 Å². The second kappa shape index (κ2) is 10.1. The van der Waals surface area contributed by atoms with Crippen molar-refractivity contribution in [3.63, 3.8) is 0 Å². The number of ether oxygens (including phenoxy) is 2. The molecule has 28 heavy (non-hydrogen) atoms. The Bertz CT molecular complexity index is 720. The third-order valence-corrected chi connectivity index (χ3v) is 4.84. The van der Waals surface area contributed by atoms with Crippen LogP contribution in [0.2, 0.25) is 0 Å². The molecule has 0 saturated carbocycles. The molecule has 154 valence electrons. The maximum absolute atomic E-state index is 12.7. The molecule has 0 spiro atoms. The normalized spacial score (nSPS) is 17.0. The van der Waals surface area contributed by atoms with Crippen molar-refractivity contribution in [3.8, 4) is 11.5 Å². The smallest absolute Gasteiger partial charge is 0.237 e. The van der Waals surface area contributed by atoms with E-state index < -0.39 is 6.04 Å². The first kappa shape index (κ1) is 21.8. The Labute approximate surface area is 167 Å². The van der Waals surface area contributed by atoms with E-state index in [2.05, 4.69) is 11.9 Å². The third-order valence-electron chi connectivity index (χ3n) is 4.84. The highest BCUT2D eigenvalue weighted by Gasteiger charge is 2.32. The van der Waals surface area contributed by atoms with Gasteiger partial charge in [-0.05, 0) is 31.5 Å². The molecule has 2 amide bonds. The number of hydrogen-bond donors (Lipinski definition) is 1. The fourth-order valence-corrected chi connectivity index (χ4v) is 3.38. The molecular formula is C21H31N3O4. The number of nitrogens with one attached hydrogen (secondary N) is 1. The largest absolute Gasteiger partial charge is 0.493 e. The first-order valence-electron chi connectivity index (χ1n) is 9.54. The van der Waals surface area contributed by atoms with Gasteiger partial charge in [0.05, 0.1) is 26.7 Å². The zero-order chi connectivity index (χ0) is 20.7. The Morgan fingerprint density at radius 1 is 1.32 bits per heavy atom. The Balaban J connectivity index is 2.14. The van der Waals surface area contributed by atoms with E-state index in [9.17, 15) is 9.59 Å². The van der Waals surface area contributed by atoms with Gasteiger partial charge in [0, 0.05) is 32.7 Å². The van der Waals surface area contributed by atoms with E-state index in [1.54, 1.807) is 19.1 Å². The highest BCUT2D eigenvalue weighted by Crippen LogP contribution is 2.28. The van der Waals surface area contributed by atoms with E-state index in [0.717, 1.165) is 11.1 Å². The molecule has 1 aromatic carbocycles. The molecular weight excluding hydrogens is 358 g/mol. The zero-order valence-electron chi connectivity index (χ0n) is 17.3. The molecule has 0 radical (unpaired) electrons. The van der Waals surface area contributed by atoms with Crippen molar-refractivity contribution < 1.29 is 19.1 Å². The van der Waals surface area contributed by atoms with Gasteiger partial charge in [-0.3, -0.25) is 14.5 Å². The lowest BCUT2D eigenvalue weighted by molar-refractivity contribution is -0.138. The summed E-state index contributed by atoms with van der Waals surface area (Å²) in [5.41, 5.74) is 1.92. The van der Waals surface area contributed by atoms with Gasteiger partial charge in [-0.1, -0.05) is 18.2 Å². The van der Waals surface area contributed by atoms with Gasteiger partial charge in [-0.25, -0.2) is 0 Å².